The highest BCUT2D eigenvalue weighted by Crippen LogP contribution is 2.33. The van der Waals surface area contributed by atoms with E-state index in [4.69, 9.17) is 0 Å². The molecular formula is C15H15F3N2O5S3. The van der Waals surface area contributed by atoms with Crippen molar-refractivity contribution in [3.05, 3.63) is 35.3 Å². The Bertz CT molecular complexity index is 1100. The Morgan fingerprint density at radius 2 is 1.54 bits per heavy atom. The molecule has 0 aliphatic rings. The average Bonchev–Trinajstić information content (AvgIpc) is 3.02. The predicted octanol–water partition coefficient (Wildman–Crippen LogP) is 2.76. The van der Waals surface area contributed by atoms with Crippen molar-refractivity contribution < 1.29 is 34.8 Å². The maximum Gasteiger partial charge on any atom is 0.434 e. The summed E-state index contributed by atoms with van der Waals surface area (Å²) in [6, 6.07) is 4.27. The zero-order valence-electron chi connectivity index (χ0n) is 14.7. The number of sulfone groups is 2. The van der Waals surface area contributed by atoms with Crippen molar-refractivity contribution in [3.63, 3.8) is 0 Å². The molecule has 154 valence electrons. The molecule has 1 aromatic carbocycles. The topological polar surface area (TPSA) is 110 Å². The molecule has 0 aliphatic heterocycles. The van der Waals surface area contributed by atoms with Crippen molar-refractivity contribution >= 4 is 42.1 Å². The lowest BCUT2D eigenvalue weighted by molar-refractivity contribution is -0.140. The number of halogens is 3. The minimum atomic E-state index is -4.69. The second kappa shape index (κ2) is 7.12. The lowest BCUT2D eigenvalue weighted by Gasteiger charge is -2.23. The van der Waals surface area contributed by atoms with Crippen LogP contribution in [0.2, 0.25) is 0 Å². The van der Waals surface area contributed by atoms with E-state index in [0.717, 1.165) is 44.4 Å². The van der Waals surface area contributed by atoms with Crippen molar-refractivity contribution in [1.29, 1.82) is 0 Å². The summed E-state index contributed by atoms with van der Waals surface area (Å²) in [6.07, 6.45) is -3.74. The lowest BCUT2D eigenvalue weighted by Crippen LogP contribution is -2.44. The van der Waals surface area contributed by atoms with E-state index in [0.29, 0.717) is 16.7 Å². The summed E-state index contributed by atoms with van der Waals surface area (Å²) in [4.78, 5) is 15.3. The molecule has 1 amide bonds. The zero-order chi connectivity index (χ0) is 21.5. The van der Waals surface area contributed by atoms with Gasteiger partial charge in [-0.2, -0.15) is 13.2 Å². The van der Waals surface area contributed by atoms with Crippen LogP contribution in [0.1, 0.15) is 19.5 Å². The van der Waals surface area contributed by atoms with Gasteiger partial charge in [0.05, 0.1) is 9.79 Å². The molecule has 0 fully saturated rings. The fourth-order valence-corrected chi connectivity index (χ4v) is 4.71. The van der Waals surface area contributed by atoms with Gasteiger partial charge in [-0.3, -0.25) is 4.79 Å². The van der Waals surface area contributed by atoms with Gasteiger partial charge in [0.25, 0.3) is 0 Å². The Morgan fingerprint density at radius 1 is 1.04 bits per heavy atom. The molecular weight excluding hydrogens is 441 g/mol. The van der Waals surface area contributed by atoms with E-state index in [1.807, 2.05) is 0 Å². The van der Waals surface area contributed by atoms with Gasteiger partial charge in [0, 0.05) is 11.6 Å². The second-order valence-corrected chi connectivity index (χ2v) is 11.6. The number of benzene rings is 1. The van der Waals surface area contributed by atoms with Gasteiger partial charge in [-0.25, -0.2) is 21.8 Å². The molecule has 0 bridgehead atoms. The molecule has 0 unspecified atom stereocenters. The molecule has 0 spiro atoms. The Kier molecular flexibility index (Phi) is 5.67. The molecule has 28 heavy (non-hydrogen) atoms. The number of alkyl halides is 3. The Labute approximate surface area is 163 Å². The van der Waals surface area contributed by atoms with Crippen LogP contribution in [0.3, 0.4) is 0 Å². The number of nitrogens with one attached hydrogen (secondary N) is 1. The number of carbonyl (C=O) groups excluding carboxylic acids is 1. The molecule has 0 atom stereocenters. The third-order valence-electron chi connectivity index (χ3n) is 3.80. The smallest absolute Gasteiger partial charge is 0.301 e. The fourth-order valence-electron chi connectivity index (χ4n) is 1.99. The van der Waals surface area contributed by atoms with E-state index >= 15 is 0 Å². The number of carbonyl (C=O) groups is 1. The van der Waals surface area contributed by atoms with Crippen LogP contribution < -0.4 is 5.32 Å². The lowest BCUT2D eigenvalue weighted by atomic mass is 10.2. The van der Waals surface area contributed by atoms with Gasteiger partial charge in [-0.1, -0.05) is 0 Å². The largest absolute Gasteiger partial charge is 0.434 e. The number of thiazole rings is 1. The Balaban J connectivity index is 2.31. The van der Waals surface area contributed by atoms with Gasteiger partial charge in [0.1, 0.15) is 4.75 Å². The number of aromatic nitrogens is 1. The summed E-state index contributed by atoms with van der Waals surface area (Å²) in [7, 11) is -7.83. The molecule has 1 aromatic heterocycles. The van der Waals surface area contributed by atoms with Gasteiger partial charge in [0.15, 0.2) is 30.5 Å². The van der Waals surface area contributed by atoms with Gasteiger partial charge >= 0.3 is 6.18 Å². The fraction of sp³-hybridized carbons (Fsp3) is 0.333. The van der Waals surface area contributed by atoms with Gasteiger partial charge in [-0.05, 0) is 38.1 Å². The standard InChI is InChI=1S/C15H15F3N2O5S3/c1-14(2,12(21)20-13-19-11(8-26-13)15(16,17)18)28(24,25)10-6-4-9(5-7-10)27(3,22)23/h4-8H,1-3H3,(H,19,20,21). The van der Waals surface area contributed by atoms with Crippen molar-refractivity contribution in [1.82, 2.24) is 4.98 Å². The van der Waals surface area contributed by atoms with Crippen molar-refractivity contribution in [2.24, 2.45) is 0 Å². The SMILES string of the molecule is CC(C)(C(=O)Nc1nc(C(F)(F)F)cs1)S(=O)(=O)c1ccc(S(C)(=O)=O)cc1. The molecule has 1 N–H and O–H groups in total. The maximum absolute atomic E-state index is 12.8. The van der Waals surface area contributed by atoms with Crippen molar-refractivity contribution in [2.75, 3.05) is 11.6 Å². The average molecular weight is 456 g/mol. The molecule has 7 nitrogen and oxygen atoms in total. The normalized spacial score (nSPS) is 13.4. The monoisotopic (exact) mass is 456 g/mol. The minimum absolute atomic E-state index is 0.101. The Morgan fingerprint density at radius 3 is 1.96 bits per heavy atom. The summed E-state index contributed by atoms with van der Waals surface area (Å²) < 4.78 is 84.3. The highest BCUT2D eigenvalue weighted by Gasteiger charge is 2.43. The highest BCUT2D eigenvalue weighted by atomic mass is 32.2. The second-order valence-electron chi connectivity index (χ2n) is 6.25. The first kappa shape index (κ1) is 22.3. The summed E-state index contributed by atoms with van der Waals surface area (Å²) in [6.45, 7) is 2.17. The minimum Gasteiger partial charge on any atom is -0.301 e. The number of hydrogen-bond acceptors (Lipinski definition) is 7. The molecule has 0 saturated carbocycles. The highest BCUT2D eigenvalue weighted by molar-refractivity contribution is 7.93. The van der Waals surface area contributed by atoms with E-state index in [1.54, 1.807) is 0 Å². The van der Waals surface area contributed by atoms with E-state index in [-0.39, 0.29) is 9.79 Å². The molecule has 0 radical (unpaired) electrons. The number of amides is 1. The van der Waals surface area contributed by atoms with E-state index in [1.165, 1.54) is 0 Å². The third kappa shape index (κ3) is 4.36. The molecule has 0 saturated heterocycles. The van der Waals surface area contributed by atoms with Crippen LogP contribution in [0.4, 0.5) is 18.3 Å². The van der Waals surface area contributed by atoms with Crippen LogP contribution in [-0.4, -0.2) is 38.7 Å². The van der Waals surface area contributed by atoms with E-state index in [9.17, 15) is 34.8 Å². The number of nitrogens with zero attached hydrogens (tertiary/aromatic N) is 1. The van der Waals surface area contributed by atoms with Gasteiger partial charge < -0.3 is 5.32 Å². The first-order valence-corrected chi connectivity index (χ1v) is 11.7. The van der Waals surface area contributed by atoms with Crippen LogP contribution >= 0.6 is 11.3 Å². The Hall–Kier alpha value is -1.99. The van der Waals surface area contributed by atoms with Crippen molar-refractivity contribution in [3.8, 4) is 0 Å². The van der Waals surface area contributed by atoms with Crippen molar-refractivity contribution in [2.45, 2.75) is 34.6 Å². The third-order valence-corrected chi connectivity index (χ3v) is 8.10. The molecule has 2 aromatic rings. The predicted molar refractivity (Wildman–Crippen MR) is 96.6 cm³/mol. The number of hydrogen-bond donors (Lipinski definition) is 1. The molecule has 13 heteroatoms. The number of rotatable bonds is 5. The summed E-state index contributed by atoms with van der Waals surface area (Å²) in [5, 5.41) is 2.38. The van der Waals surface area contributed by atoms with Crippen LogP contribution in [-0.2, 0) is 30.6 Å². The molecule has 1 heterocycles. The maximum atomic E-state index is 12.8. The molecule has 2 rings (SSSR count). The molecule has 0 aliphatic carbocycles. The first-order valence-electron chi connectivity index (χ1n) is 7.46. The summed E-state index contributed by atoms with van der Waals surface area (Å²) in [5.74, 6) is -1.08. The quantitative estimate of drug-likeness (QED) is 0.741. The first-order chi connectivity index (χ1) is 12.6. The van der Waals surface area contributed by atoms with E-state index < -0.39 is 47.3 Å². The summed E-state index contributed by atoms with van der Waals surface area (Å²) >= 11 is 0.507. The summed E-state index contributed by atoms with van der Waals surface area (Å²) in [5.41, 5.74) is -1.20. The van der Waals surface area contributed by atoms with Crippen LogP contribution in [0, 0.1) is 0 Å². The van der Waals surface area contributed by atoms with Crippen LogP contribution in [0.15, 0.2) is 39.4 Å². The van der Waals surface area contributed by atoms with E-state index in [2.05, 4.69) is 10.3 Å². The number of anilines is 1. The van der Waals surface area contributed by atoms with Gasteiger partial charge in [-0.15, -0.1) is 11.3 Å². The van der Waals surface area contributed by atoms with Crippen LogP contribution in [0.25, 0.3) is 0 Å². The zero-order valence-corrected chi connectivity index (χ0v) is 17.2. The van der Waals surface area contributed by atoms with Crippen LogP contribution in [0.5, 0.6) is 0 Å². The van der Waals surface area contributed by atoms with Gasteiger partial charge in [0.2, 0.25) is 5.91 Å².